The van der Waals surface area contributed by atoms with Crippen LogP contribution in [0.1, 0.15) is 28.4 Å². The smallest absolute Gasteiger partial charge is 0.168 e. The highest BCUT2D eigenvalue weighted by Gasteiger charge is 2.13. The Labute approximate surface area is 130 Å². The Morgan fingerprint density at radius 2 is 2.05 bits per heavy atom. The molecule has 0 atom stereocenters. The number of phenols is 1. The van der Waals surface area contributed by atoms with Gasteiger partial charge in [-0.15, -0.1) is 0 Å². The molecule has 1 radical (unpaired) electrons. The molecule has 0 fully saturated rings. The molecule has 2 aromatic carbocycles. The summed E-state index contributed by atoms with van der Waals surface area (Å²) in [5.41, 5.74) is 1.37. The molecule has 115 valence electrons. The molecule has 22 heavy (non-hydrogen) atoms. The van der Waals surface area contributed by atoms with Crippen molar-refractivity contribution in [3.05, 3.63) is 53.1 Å². The number of aromatic hydroxyl groups is 1. The second kappa shape index (κ2) is 6.62. The molecule has 5 nitrogen and oxygen atoms in total. The summed E-state index contributed by atoms with van der Waals surface area (Å²) in [7, 11) is -2.69. The third-order valence-corrected chi connectivity index (χ3v) is 3.85. The van der Waals surface area contributed by atoms with Crippen molar-refractivity contribution in [3.63, 3.8) is 0 Å². The number of thiol groups is 1. The molecular weight excluding hydrogens is 304 g/mol. The minimum atomic E-state index is -2.69. The number of carbonyl (C=O) groups excluding carboxylic acids is 1. The van der Waals surface area contributed by atoms with Crippen LogP contribution in [0.15, 0.2) is 35.2 Å². The van der Waals surface area contributed by atoms with Crippen molar-refractivity contribution in [2.75, 3.05) is 0 Å². The zero-order valence-corrected chi connectivity index (χ0v) is 13.0. The lowest BCUT2D eigenvalue weighted by molar-refractivity contribution is 0.101. The van der Waals surface area contributed by atoms with Crippen LogP contribution in [0.2, 0.25) is 0 Å². The van der Waals surface area contributed by atoms with Crippen molar-refractivity contribution in [2.24, 2.45) is 0 Å². The van der Waals surface area contributed by atoms with E-state index in [1.807, 2.05) is 0 Å². The number of hydrogen-bond donors (Lipinski definition) is 2. The minimum Gasteiger partial charge on any atom is -0.507 e. The van der Waals surface area contributed by atoms with E-state index < -0.39 is 10.7 Å². The van der Waals surface area contributed by atoms with Crippen LogP contribution in [0.4, 0.5) is 0 Å². The maximum Gasteiger partial charge on any atom is 0.168 e. The highest BCUT2D eigenvalue weighted by molar-refractivity contribution is 7.72. The van der Waals surface area contributed by atoms with E-state index in [1.54, 1.807) is 19.1 Å². The first-order chi connectivity index (χ1) is 10.4. The van der Waals surface area contributed by atoms with E-state index in [-0.39, 0.29) is 28.6 Å². The van der Waals surface area contributed by atoms with Gasteiger partial charge in [0.2, 0.25) is 0 Å². The van der Waals surface area contributed by atoms with Gasteiger partial charge >= 0.3 is 0 Å². The van der Waals surface area contributed by atoms with Gasteiger partial charge in [-0.25, -0.2) is 8.42 Å². The lowest BCUT2D eigenvalue weighted by Gasteiger charge is -2.12. The topological polar surface area (TPSA) is 80.7 Å². The zero-order valence-electron chi connectivity index (χ0n) is 12.1. The van der Waals surface area contributed by atoms with Crippen LogP contribution < -0.4 is 4.74 Å². The molecule has 0 aromatic heterocycles. The Kier molecular flexibility index (Phi) is 4.82. The Morgan fingerprint density at radius 3 is 2.68 bits per heavy atom. The van der Waals surface area contributed by atoms with E-state index in [0.717, 1.165) is 0 Å². The molecule has 0 heterocycles. The van der Waals surface area contributed by atoms with Crippen LogP contribution in [0, 0.1) is 13.0 Å². The fourth-order valence-corrected chi connectivity index (χ4v) is 2.43. The maximum absolute atomic E-state index is 11.3. The number of phenolic OH excluding ortho intramolecular Hbond substituents is 1. The van der Waals surface area contributed by atoms with Gasteiger partial charge in [0, 0.05) is 11.6 Å². The normalized spacial score (nSPS) is 10.7. The number of carbonyl (C=O) groups is 1. The van der Waals surface area contributed by atoms with Crippen molar-refractivity contribution in [1.29, 1.82) is 0 Å². The monoisotopic (exact) mass is 319 g/mol. The number of hydrogen-bond acceptors (Lipinski definition) is 5. The standard InChI is InChI=1S/C16H15O5S/c1-10-15(7-6-14(11(2)17)16(10)18)21-9-12-4-3-5-13(8-12)22(19)20/h3-4,6-8,18,22H,9H2,1-2H3. The zero-order chi connectivity index (χ0) is 16.3. The molecule has 0 bridgehead atoms. The van der Waals surface area contributed by atoms with Crippen LogP contribution in [0.3, 0.4) is 0 Å². The molecule has 0 aliphatic rings. The predicted octanol–water partition coefficient (Wildman–Crippen LogP) is 2.25. The van der Waals surface area contributed by atoms with Gasteiger partial charge in [0.05, 0.1) is 10.5 Å². The number of Topliss-reactive ketones (excluding diaryl/α,β-unsaturated/α-hetero) is 1. The van der Waals surface area contributed by atoms with Gasteiger partial charge in [0.1, 0.15) is 18.1 Å². The van der Waals surface area contributed by atoms with Gasteiger partial charge in [-0.2, -0.15) is 0 Å². The van der Waals surface area contributed by atoms with Crippen molar-refractivity contribution < 1.29 is 23.1 Å². The average molecular weight is 319 g/mol. The lowest BCUT2D eigenvalue weighted by Crippen LogP contribution is -2.00. The second-order valence-corrected chi connectivity index (χ2v) is 5.77. The Balaban J connectivity index is 2.20. The lowest BCUT2D eigenvalue weighted by atomic mass is 10.1. The minimum absolute atomic E-state index is 0.0996. The Hall–Kier alpha value is -2.34. The highest BCUT2D eigenvalue weighted by atomic mass is 32.2. The number of rotatable bonds is 5. The van der Waals surface area contributed by atoms with Crippen molar-refractivity contribution >= 4 is 16.5 Å². The molecule has 1 N–H and O–H groups in total. The molecule has 0 aliphatic heterocycles. The predicted molar refractivity (Wildman–Crippen MR) is 81.0 cm³/mol. The van der Waals surface area contributed by atoms with Crippen LogP contribution in [-0.4, -0.2) is 19.3 Å². The molecule has 0 saturated carbocycles. The quantitative estimate of drug-likeness (QED) is 0.652. The first-order valence-electron chi connectivity index (χ1n) is 6.51. The molecule has 0 aliphatic carbocycles. The van der Waals surface area contributed by atoms with Crippen molar-refractivity contribution in [3.8, 4) is 11.5 Å². The first kappa shape index (κ1) is 16.0. The van der Waals surface area contributed by atoms with Crippen LogP contribution in [-0.2, 0) is 17.3 Å². The van der Waals surface area contributed by atoms with E-state index in [2.05, 4.69) is 6.07 Å². The molecule has 2 rings (SSSR count). The summed E-state index contributed by atoms with van der Waals surface area (Å²) < 4.78 is 27.4. The third kappa shape index (κ3) is 3.46. The SMILES string of the molecule is CC(=O)c1ccc(OCc2cc[c]c([SH](=O)=O)c2)c(C)c1O. The van der Waals surface area contributed by atoms with Gasteiger partial charge < -0.3 is 9.84 Å². The summed E-state index contributed by atoms with van der Waals surface area (Å²) in [6.07, 6.45) is 0. The van der Waals surface area contributed by atoms with Crippen molar-refractivity contribution in [2.45, 2.75) is 25.3 Å². The highest BCUT2D eigenvalue weighted by Crippen LogP contribution is 2.31. The van der Waals surface area contributed by atoms with Crippen LogP contribution in [0.25, 0.3) is 0 Å². The van der Waals surface area contributed by atoms with Crippen LogP contribution >= 0.6 is 0 Å². The fraction of sp³-hybridized carbons (Fsp3) is 0.188. The molecule has 0 unspecified atom stereocenters. The van der Waals surface area contributed by atoms with E-state index in [1.165, 1.54) is 25.1 Å². The molecule has 0 amide bonds. The van der Waals surface area contributed by atoms with E-state index >= 15 is 0 Å². The Morgan fingerprint density at radius 1 is 1.32 bits per heavy atom. The van der Waals surface area contributed by atoms with Gasteiger partial charge in [-0.1, -0.05) is 12.1 Å². The van der Waals surface area contributed by atoms with Gasteiger partial charge in [-0.3, -0.25) is 4.79 Å². The molecule has 0 spiro atoms. The number of ketones is 1. The first-order valence-corrected chi connectivity index (χ1v) is 7.69. The van der Waals surface area contributed by atoms with Gasteiger partial charge in [0.15, 0.2) is 16.5 Å². The van der Waals surface area contributed by atoms with Gasteiger partial charge in [0.25, 0.3) is 0 Å². The van der Waals surface area contributed by atoms with Gasteiger partial charge in [-0.05, 0) is 37.6 Å². The largest absolute Gasteiger partial charge is 0.507 e. The summed E-state index contributed by atoms with van der Waals surface area (Å²) in [4.78, 5) is 11.4. The van der Waals surface area contributed by atoms with Crippen LogP contribution in [0.5, 0.6) is 11.5 Å². The number of ether oxygens (including phenoxy) is 1. The maximum atomic E-state index is 11.3. The fourth-order valence-electron chi connectivity index (χ4n) is 1.98. The van der Waals surface area contributed by atoms with Crippen molar-refractivity contribution in [1.82, 2.24) is 0 Å². The summed E-state index contributed by atoms with van der Waals surface area (Å²) in [6.45, 7) is 3.17. The van der Waals surface area contributed by atoms with E-state index in [0.29, 0.717) is 16.9 Å². The summed E-state index contributed by atoms with van der Waals surface area (Å²) in [5, 5.41) is 9.98. The summed E-state index contributed by atoms with van der Waals surface area (Å²) in [5.74, 6) is 0.104. The molecule has 0 saturated heterocycles. The number of benzene rings is 2. The molecule has 2 aromatic rings. The second-order valence-electron chi connectivity index (χ2n) is 4.77. The van der Waals surface area contributed by atoms with E-state index in [4.69, 9.17) is 4.74 Å². The Bertz CT molecular complexity index is 785. The molecule has 6 heteroatoms. The summed E-state index contributed by atoms with van der Waals surface area (Å²) in [6, 6.07) is 10.4. The third-order valence-electron chi connectivity index (χ3n) is 3.20. The summed E-state index contributed by atoms with van der Waals surface area (Å²) >= 11 is 0. The average Bonchev–Trinajstić information content (AvgIpc) is 2.48. The van der Waals surface area contributed by atoms with E-state index in [9.17, 15) is 18.3 Å². The molecular formula is C16H15O5S.